The van der Waals surface area contributed by atoms with Crippen LogP contribution in [0.2, 0.25) is 0 Å². The van der Waals surface area contributed by atoms with E-state index in [9.17, 15) is 8.42 Å². The van der Waals surface area contributed by atoms with Crippen LogP contribution in [0.4, 0.5) is 11.4 Å². The maximum absolute atomic E-state index is 13.7. The molecule has 4 aromatic carbocycles. The highest BCUT2D eigenvalue weighted by molar-refractivity contribution is 7.91. The number of hydrogen-bond acceptors (Lipinski definition) is 6. The molecule has 6 nitrogen and oxygen atoms in total. The average Bonchev–Trinajstić information content (AvgIpc) is 2.78. The number of anilines is 2. The highest BCUT2D eigenvalue weighted by Crippen LogP contribution is 2.42. The molecule has 0 heterocycles. The van der Waals surface area contributed by atoms with Gasteiger partial charge < -0.3 is 20.9 Å². The number of nitrogens with two attached hydrogens (primary N) is 2. The van der Waals surface area contributed by atoms with Gasteiger partial charge in [-0.2, -0.15) is 0 Å². The van der Waals surface area contributed by atoms with Gasteiger partial charge in [0.2, 0.25) is 9.84 Å². The molecule has 0 amide bonds. The molecule has 0 bridgehead atoms. The summed E-state index contributed by atoms with van der Waals surface area (Å²) in [4.78, 5) is -0.117. The Morgan fingerprint density at radius 1 is 0.581 bits per heavy atom. The lowest BCUT2D eigenvalue weighted by molar-refractivity contribution is 0.463. The van der Waals surface area contributed by atoms with Crippen LogP contribution < -0.4 is 20.9 Å². The second-order valence-electron chi connectivity index (χ2n) is 6.68. The van der Waals surface area contributed by atoms with Crippen LogP contribution in [0.15, 0.2) is 107 Å². The molecule has 7 heteroatoms. The van der Waals surface area contributed by atoms with E-state index in [2.05, 4.69) is 0 Å². The van der Waals surface area contributed by atoms with Gasteiger partial charge in [0.05, 0.1) is 11.4 Å². The van der Waals surface area contributed by atoms with Crippen LogP contribution in [0.1, 0.15) is 0 Å². The number of para-hydroxylation sites is 3. The average molecular weight is 433 g/mol. The zero-order valence-electron chi connectivity index (χ0n) is 16.4. The van der Waals surface area contributed by atoms with E-state index in [0.717, 1.165) is 0 Å². The zero-order chi connectivity index (χ0) is 21.8. The van der Waals surface area contributed by atoms with Crippen LogP contribution >= 0.6 is 0 Å². The van der Waals surface area contributed by atoms with Gasteiger partial charge in [-0.05, 0) is 48.5 Å². The van der Waals surface area contributed by atoms with E-state index in [4.69, 9.17) is 20.9 Å². The number of sulfone groups is 1. The van der Waals surface area contributed by atoms with Crippen molar-refractivity contribution in [2.24, 2.45) is 0 Å². The van der Waals surface area contributed by atoms with Crippen molar-refractivity contribution in [2.75, 3.05) is 11.5 Å². The third-order valence-electron chi connectivity index (χ3n) is 4.56. The normalized spacial score (nSPS) is 11.1. The SMILES string of the molecule is Nc1ccc(S(=O)(=O)c2ccccc2Oc2ccccc2)c(Oc2ccccc2)c1N. The third-order valence-corrected chi connectivity index (χ3v) is 6.37. The number of benzene rings is 4. The first-order valence-corrected chi connectivity index (χ1v) is 10.9. The van der Waals surface area contributed by atoms with Gasteiger partial charge in [0.15, 0.2) is 5.75 Å². The molecule has 0 aromatic heterocycles. The fourth-order valence-corrected chi connectivity index (χ4v) is 4.52. The van der Waals surface area contributed by atoms with E-state index < -0.39 is 9.84 Å². The fraction of sp³-hybridized carbons (Fsp3) is 0. The van der Waals surface area contributed by atoms with Gasteiger partial charge in [-0.3, -0.25) is 0 Å². The summed E-state index contributed by atoms with van der Waals surface area (Å²) in [7, 11) is -4.07. The Morgan fingerprint density at radius 3 is 1.77 bits per heavy atom. The minimum atomic E-state index is -4.07. The van der Waals surface area contributed by atoms with E-state index in [1.807, 2.05) is 12.1 Å². The smallest absolute Gasteiger partial charge is 0.214 e. The van der Waals surface area contributed by atoms with Gasteiger partial charge in [0.25, 0.3) is 0 Å². The number of rotatable bonds is 6. The Labute approximate surface area is 180 Å². The molecule has 0 atom stereocenters. The van der Waals surface area contributed by atoms with Crippen molar-refractivity contribution in [1.82, 2.24) is 0 Å². The molecule has 4 aromatic rings. The number of nitrogen functional groups attached to an aromatic ring is 2. The molecule has 0 unspecified atom stereocenters. The van der Waals surface area contributed by atoms with Gasteiger partial charge in [-0.15, -0.1) is 0 Å². The molecule has 0 aliphatic rings. The van der Waals surface area contributed by atoms with Crippen molar-refractivity contribution in [3.8, 4) is 23.0 Å². The van der Waals surface area contributed by atoms with Crippen LogP contribution in [0.25, 0.3) is 0 Å². The molecular formula is C24H20N2O4S. The van der Waals surface area contributed by atoms with Gasteiger partial charge in [0.1, 0.15) is 27.0 Å². The van der Waals surface area contributed by atoms with Crippen molar-refractivity contribution in [3.63, 3.8) is 0 Å². The van der Waals surface area contributed by atoms with Crippen LogP contribution in [0.5, 0.6) is 23.0 Å². The van der Waals surface area contributed by atoms with Crippen LogP contribution in [-0.2, 0) is 9.84 Å². The summed E-state index contributed by atoms with van der Waals surface area (Å²) < 4.78 is 39.0. The molecular weight excluding hydrogens is 412 g/mol. The fourth-order valence-electron chi connectivity index (χ4n) is 3.01. The molecule has 0 saturated carbocycles. The summed E-state index contributed by atoms with van der Waals surface area (Å²) >= 11 is 0. The quantitative estimate of drug-likeness (QED) is 0.402. The van der Waals surface area contributed by atoms with Gasteiger partial charge in [0, 0.05) is 0 Å². The second kappa shape index (κ2) is 8.41. The highest BCUT2D eigenvalue weighted by atomic mass is 32.2. The summed E-state index contributed by atoms with van der Waals surface area (Å²) in [5.41, 5.74) is 12.3. The van der Waals surface area contributed by atoms with Crippen LogP contribution in [0.3, 0.4) is 0 Å². The van der Waals surface area contributed by atoms with Gasteiger partial charge in [-0.1, -0.05) is 48.5 Å². The largest absolute Gasteiger partial charge is 0.456 e. The molecule has 156 valence electrons. The predicted octanol–water partition coefficient (Wildman–Crippen LogP) is 5.27. The summed E-state index contributed by atoms with van der Waals surface area (Å²) in [6, 6.07) is 27.0. The Bertz CT molecular complexity index is 1310. The first-order chi connectivity index (χ1) is 15.0. The molecule has 0 aliphatic heterocycles. The second-order valence-corrected chi connectivity index (χ2v) is 8.56. The van der Waals surface area contributed by atoms with E-state index in [1.54, 1.807) is 66.7 Å². The molecule has 31 heavy (non-hydrogen) atoms. The third kappa shape index (κ3) is 4.17. The zero-order valence-corrected chi connectivity index (χ0v) is 17.3. The Kier molecular flexibility index (Phi) is 5.51. The Morgan fingerprint density at radius 2 is 1.13 bits per heavy atom. The monoisotopic (exact) mass is 432 g/mol. The van der Waals surface area contributed by atoms with Gasteiger partial charge >= 0.3 is 0 Å². The summed E-state index contributed by atoms with van der Waals surface area (Å²) in [6.07, 6.45) is 0. The van der Waals surface area contributed by atoms with E-state index >= 15 is 0 Å². The predicted molar refractivity (Wildman–Crippen MR) is 120 cm³/mol. The molecule has 0 spiro atoms. The molecule has 4 rings (SSSR count). The minimum absolute atomic E-state index is 0.0130. The minimum Gasteiger partial charge on any atom is -0.456 e. The van der Waals surface area contributed by atoms with Crippen molar-refractivity contribution in [2.45, 2.75) is 9.79 Å². The summed E-state index contributed by atoms with van der Waals surface area (Å²) in [5, 5.41) is 0. The van der Waals surface area contributed by atoms with Crippen LogP contribution in [0, 0.1) is 0 Å². The maximum atomic E-state index is 13.7. The molecule has 4 N–H and O–H groups in total. The van der Waals surface area contributed by atoms with E-state index in [0.29, 0.717) is 11.5 Å². The first kappa shape index (κ1) is 20.3. The highest BCUT2D eigenvalue weighted by Gasteiger charge is 2.28. The molecule has 0 radical (unpaired) electrons. The van der Waals surface area contributed by atoms with Gasteiger partial charge in [-0.25, -0.2) is 8.42 Å². The lowest BCUT2D eigenvalue weighted by Crippen LogP contribution is -2.08. The molecule has 0 aliphatic carbocycles. The summed E-state index contributed by atoms with van der Waals surface area (Å²) in [6.45, 7) is 0. The van der Waals surface area contributed by atoms with Crippen molar-refractivity contribution in [3.05, 3.63) is 97.1 Å². The van der Waals surface area contributed by atoms with Crippen LogP contribution in [-0.4, -0.2) is 8.42 Å². The van der Waals surface area contributed by atoms with Crippen molar-refractivity contribution >= 4 is 21.2 Å². The number of ether oxygens (including phenoxy) is 2. The summed E-state index contributed by atoms with van der Waals surface area (Å²) in [5.74, 6) is 1.11. The first-order valence-electron chi connectivity index (χ1n) is 9.44. The van der Waals surface area contributed by atoms with E-state index in [1.165, 1.54) is 18.2 Å². The topological polar surface area (TPSA) is 105 Å². The number of hydrogen-bond donors (Lipinski definition) is 2. The standard InChI is InChI=1S/C24H20N2O4S/c25-19-15-16-22(24(23(19)26)30-18-11-5-2-6-12-18)31(27,28)21-14-8-7-13-20(21)29-17-9-3-1-4-10-17/h1-16H,25-26H2. The lowest BCUT2D eigenvalue weighted by Gasteiger charge is -2.17. The van der Waals surface area contributed by atoms with E-state index in [-0.39, 0.29) is 32.7 Å². The Hall–Kier alpha value is -3.97. The van der Waals surface area contributed by atoms with Crippen molar-refractivity contribution < 1.29 is 17.9 Å². The molecule has 0 fully saturated rings. The van der Waals surface area contributed by atoms with Crippen molar-refractivity contribution in [1.29, 1.82) is 0 Å². The molecule has 0 saturated heterocycles. The lowest BCUT2D eigenvalue weighted by atomic mass is 10.2. The maximum Gasteiger partial charge on any atom is 0.214 e. The Balaban J connectivity index is 1.83.